The molecule has 2 atom stereocenters. The van der Waals surface area contributed by atoms with Crippen molar-refractivity contribution >= 4 is 33.4 Å². The summed E-state index contributed by atoms with van der Waals surface area (Å²) in [4.78, 5) is 22.5. The molecule has 0 bridgehead atoms. The van der Waals surface area contributed by atoms with Gasteiger partial charge >= 0.3 is 0 Å². The van der Waals surface area contributed by atoms with Crippen LogP contribution in [0.15, 0.2) is 0 Å². The minimum Gasteiger partial charge on any atom is -0.358 e. The summed E-state index contributed by atoms with van der Waals surface area (Å²) in [5.41, 5.74) is 10.5. The predicted molar refractivity (Wildman–Crippen MR) is 90.1 cm³/mol. The smallest absolute Gasteiger partial charge is 0.235 e. The van der Waals surface area contributed by atoms with Crippen LogP contribution in [0.2, 0.25) is 0 Å². The Morgan fingerprint density at radius 2 is 1.27 bits per heavy atom. The zero-order valence-corrected chi connectivity index (χ0v) is 14.6. The number of ether oxygens (including phenoxy) is 2. The molecule has 0 aliphatic heterocycles. The fraction of sp³-hybridized carbons (Fsp3) is 0.833. The summed E-state index contributed by atoms with van der Waals surface area (Å²) >= 11 is 0. The van der Waals surface area contributed by atoms with Gasteiger partial charge in [0.2, 0.25) is 11.8 Å². The number of carbonyl (C=O) groups is 2. The molecule has 2 unspecified atom stereocenters. The Kier molecular flexibility index (Phi) is 13.8. The Morgan fingerprint density at radius 1 is 0.909 bits per heavy atom. The second kappa shape index (κ2) is 14.1. The van der Waals surface area contributed by atoms with Crippen molar-refractivity contribution in [1.29, 1.82) is 0 Å². The number of carbonyl (C=O) groups excluding carboxylic acids is 2. The summed E-state index contributed by atoms with van der Waals surface area (Å²) in [6.45, 7) is 4.56. The molecule has 0 aromatic heterocycles. The molecule has 2 amide bonds. The third-order valence-corrected chi connectivity index (χ3v) is 4.63. The molecule has 0 spiro atoms. The average Bonchev–Trinajstić information content (AvgIpc) is 2.51. The van der Waals surface area contributed by atoms with E-state index < -0.39 is 0 Å². The number of rotatable bonds is 13. The van der Waals surface area contributed by atoms with Crippen LogP contribution in [0.4, 0.5) is 0 Å². The summed E-state index contributed by atoms with van der Waals surface area (Å²) in [5, 5.41) is 5.37. The zero-order valence-electron chi connectivity index (χ0n) is 13.0. The van der Waals surface area contributed by atoms with E-state index in [1.807, 2.05) is 13.8 Å². The molecule has 0 fully saturated rings. The minimum atomic E-state index is -0.386. The van der Waals surface area contributed by atoms with Gasteiger partial charge in [0, 0.05) is 24.7 Å². The third kappa shape index (κ3) is 11.1. The van der Waals surface area contributed by atoms with Gasteiger partial charge in [-0.2, -0.15) is 0 Å². The van der Waals surface area contributed by atoms with Crippen molar-refractivity contribution in [3.63, 3.8) is 0 Å². The standard InChI is InChI=1S/C12H26N4O4S2/c1-3-19-11(15-9(17)5-13)7-21-22-8-12(20-4-2)16-10(18)6-14/h11-12H,3-8,13-14H2,1-2H3,(H,15,17)(H,16,18). The van der Waals surface area contributed by atoms with Crippen molar-refractivity contribution in [2.45, 2.75) is 26.3 Å². The summed E-state index contributed by atoms with van der Waals surface area (Å²) in [5.74, 6) is 0.611. The van der Waals surface area contributed by atoms with Crippen molar-refractivity contribution in [2.24, 2.45) is 11.5 Å². The lowest BCUT2D eigenvalue weighted by molar-refractivity contribution is -0.124. The van der Waals surface area contributed by atoms with Gasteiger partial charge in [0.15, 0.2) is 0 Å². The predicted octanol–water partition coefficient (Wildman–Crippen LogP) is -0.757. The van der Waals surface area contributed by atoms with Crippen molar-refractivity contribution in [3.05, 3.63) is 0 Å². The fourth-order valence-corrected chi connectivity index (χ4v) is 3.48. The lowest BCUT2D eigenvalue weighted by atomic mass is 10.5. The molecular weight excluding hydrogens is 328 g/mol. The van der Waals surface area contributed by atoms with E-state index in [0.29, 0.717) is 24.7 Å². The van der Waals surface area contributed by atoms with Gasteiger partial charge in [0.25, 0.3) is 0 Å². The Morgan fingerprint density at radius 3 is 1.55 bits per heavy atom. The van der Waals surface area contributed by atoms with E-state index in [1.165, 1.54) is 21.6 Å². The Balaban J connectivity index is 4.05. The monoisotopic (exact) mass is 354 g/mol. The zero-order chi connectivity index (χ0) is 16.8. The average molecular weight is 354 g/mol. The van der Waals surface area contributed by atoms with Crippen molar-refractivity contribution in [3.8, 4) is 0 Å². The van der Waals surface area contributed by atoms with Gasteiger partial charge in [-0.3, -0.25) is 9.59 Å². The highest BCUT2D eigenvalue weighted by molar-refractivity contribution is 8.76. The first-order valence-electron chi connectivity index (χ1n) is 7.03. The highest BCUT2D eigenvalue weighted by Crippen LogP contribution is 2.23. The van der Waals surface area contributed by atoms with Crippen LogP contribution in [-0.2, 0) is 19.1 Å². The third-order valence-electron chi connectivity index (χ3n) is 2.27. The SMILES string of the molecule is CCOC(CSSCC(NC(=O)CN)OCC)NC(=O)CN. The van der Waals surface area contributed by atoms with E-state index in [2.05, 4.69) is 10.6 Å². The van der Waals surface area contributed by atoms with Crippen LogP contribution in [0.3, 0.4) is 0 Å². The van der Waals surface area contributed by atoms with Crippen molar-refractivity contribution in [2.75, 3.05) is 37.8 Å². The Labute approximate surface area is 139 Å². The maximum atomic E-state index is 11.3. The quantitative estimate of drug-likeness (QED) is 0.193. The first-order chi connectivity index (χ1) is 10.6. The molecule has 130 valence electrons. The van der Waals surface area contributed by atoms with Gasteiger partial charge in [0.05, 0.1) is 13.1 Å². The Hall–Kier alpha value is -0.520. The molecular formula is C12H26N4O4S2. The van der Waals surface area contributed by atoms with Crippen LogP contribution in [0, 0.1) is 0 Å². The molecule has 0 rings (SSSR count). The number of hydrogen-bond acceptors (Lipinski definition) is 8. The molecule has 0 aliphatic rings. The van der Waals surface area contributed by atoms with Crippen LogP contribution in [-0.4, -0.2) is 62.1 Å². The summed E-state index contributed by atoms with van der Waals surface area (Å²) in [6, 6.07) is 0. The summed E-state index contributed by atoms with van der Waals surface area (Å²) < 4.78 is 10.8. The topological polar surface area (TPSA) is 129 Å². The molecule has 0 saturated heterocycles. The first-order valence-corrected chi connectivity index (χ1v) is 9.52. The van der Waals surface area contributed by atoms with Gasteiger partial charge in [-0.05, 0) is 13.8 Å². The normalized spacial score (nSPS) is 13.5. The Bertz CT molecular complexity index is 294. The van der Waals surface area contributed by atoms with Crippen LogP contribution >= 0.6 is 21.6 Å². The van der Waals surface area contributed by atoms with Crippen LogP contribution in [0.1, 0.15) is 13.8 Å². The van der Waals surface area contributed by atoms with Crippen molar-refractivity contribution < 1.29 is 19.1 Å². The lowest BCUT2D eigenvalue weighted by Gasteiger charge is -2.19. The minimum absolute atomic E-state index is 0.0705. The maximum absolute atomic E-state index is 11.3. The summed E-state index contributed by atoms with van der Waals surface area (Å²) in [6.07, 6.45) is -0.773. The van der Waals surface area contributed by atoms with E-state index in [4.69, 9.17) is 20.9 Å². The maximum Gasteiger partial charge on any atom is 0.235 e. The molecule has 0 aromatic rings. The van der Waals surface area contributed by atoms with Crippen LogP contribution in [0.5, 0.6) is 0 Å². The number of amides is 2. The van der Waals surface area contributed by atoms with Crippen LogP contribution in [0.25, 0.3) is 0 Å². The second-order valence-electron chi connectivity index (χ2n) is 4.00. The highest BCUT2D eigenvalue weighted by atomic mass is 33.1. The lowest BCUT2D eigenvalue weighted by Crippen LogP contribution is -2.42. The molecule has 10 heteroatoms. The van der Waals surface area contributed by atoms with Crippen molar-refractivity contribution in [1.82, 2.24) is 10.6 Å². The van der Waals surface area contributed by atoms with Gasteiger partial charge in [-0.25, -0.2) is 0 Å². The molecule has 0 radical (unpaired) electrons. The fourth-order valence-electron chi connectivity index (χ4n) is 1.36. The molecule has 22 heavy (non-hydrogen) atoms. The van der Waals surface area contributed by atoms with E-state index in [9.17, 15) is 9.59 Å². The van der Waals surface area contributed by atoms with E-state index >= 15 is 0 Å². The summed E-state index contributed by atoms with van der Waals surface area (Å²) in [7, 11) is 3.03. The number of hydrogen-bond donors (Lipinski definition) is 4. The first kappa shape index (κ1) is 21.5. The number of nitrogens with one attached hydrogen (secondary N) is 2. The van der Waals surface area contributed by atoms with Gasteiger partial charge in [-0.1, -0.05) is 21.6 Å². The number of nitrogens with two attached hydrogens (primary N) is 2. The molecule has 0 saturated carbocycles. The highest BCUT2D eigenvalue weighted by Gasteiger charge is 2.14. The van der Waals surface area contributed by atoms with Gasteiger partial charge < -0.3 is 31.6 Å². The largest absolute Gasteiger partial charge is 0.358 e. The van der Waals surface area contributed by atoms with E-state index in [1.54, 1.807) is 0 Å². The van der Waals surface area contributed by atoms with E-state index in [0.717, 1.165) is 0 Å². The molecule has 0 aromatic carbocycles. The molecule has 6 N–H and O–H groups in total. The van der Waals surface area contributed by atoms with Crippen LogP contribution < -0.4 is 22.1 Å². The van der Waals surface area contributed by atoms with E-state index in [-0.39, 0.29) is 37.4 Å². The molecule has 0 aliphatic carbocycles. The molecule has 8 nitrogen and oxygen atoms in total. The van der Waals surface area contributed by atoms with Gasteiger partial charge in [0.1, 0.15) is 12.5 Å². The molecule has 0 heterocycles. The second-order valence-corrected chi connectivity index (χ2v) is 6.55. The van der Waals surface area contributed by atoms with Gasteiger partial charge in [-0.15, -0.1) is 0 Å².